The van der Waals surface area contributed by atoms with Crippen molar-refractivity contribution in [3.05, 3.63) is 59.7 Å². The fourth-order valence-corrected chi connectivity index (χ4v) is 5.24. The van der Waals surface area contributed by atoms with Gasteiger partial charge in [-0.25, -0.2) is 4.79 Å². The molecule has 0 spiro atoms. The van der Waals surface area contributed by atoms with Crippen molar-refractivity contribution in [2.75, 3.05) is 19.7 Å². The Morgan fingerprint density at radius 1 is 0.970 bits per heavy atom. The van der Waals surface area contributed by atoms with Gasteiger partial charge in [0, 0.05) is 25.4 Å². The minimum Gasteiger partial charge on any atom is -0.481 e. The maximum Gasteiger partial charge on any atom is 0.408 e. The number of likely N-dealkylation sites (tertiary alicyclic amines) is 1. The number of aliphatic carboxylic acids is 1. The van der Waals surface area contributed by atoms with Crippen LogP contribution in [0.2, 0.25) is 0 Å². The van der Waals surface area contributed by atoms with Crippen LogP contribution in [0.4, 0.5) is 4.79 Å². The molecule has 5 rings (SSSR count). The average Bonchev–Trinajstić information content (AvgIpc) is 3.52. The topological polar surface area (TPSA) is 95.9 Å². The van der Waals surface area contributed by atoms with Crippen molar-refractivity contribution < 1.29 is 24.2 Å². The number of carboxylic acids is 1. The van der Waals surface area contributed by atoms with Crippen LogP contribution in [0.25, 0.3) is 11.1 Å². The standard InChI is InChI=1S/C26H28N2O5/c29-23(30)15-17-9-13-28(14-10-17)24(31)26(11-12-26)27-25(32)33-16-22-20-7-3-1-5-18(20)19-6-2-4-8-21(19)22/h1-8,17,22H,9-16H2,(H,27,32)(H,29,30). The first-order valence-corrected chi connectivity index (χ1v) is 11.6. The van der Waals surface area contributed by atoms with Gasteiger partial charge in [0.2, 0.25) is 5.91 Å². The Balaban J connectivity index is 1.18. The second-order valence-corrected chi connectivity index (χ2v) is 9.37. The van der Waals surface area contributed by atoms with Crippen molar-refractivity contribution in [1.29, 1.82) is 0 Å². The van der Waals surface area contributed by atoms with E-state index in [1.807, 2.05) is 24.3 Å². The minimum absolute atomic E-state index is 0.0257. The van der Waals surface area contributed by atoms with Gasteiger partial charge in [0.15, 0.2) is 0 Å². The molecule has 7 heteroatoms. The van der Waals surface area contributed by atoms with Crippen LogP contribution in [0.3, 0.4) is 0 Å². The van der Waals surface area contributed by atoms with Gasteiger partial charge in [-0.15, -0.1) is 0 Å². The van der Waals surface area contributed by atoms with Gasteiger partial charge < -0.3 is 20.1 Å². The average molecular weight is 449 g/mol. The number of piperidine rings is 1. The molecule has 2 N–H and O–H groups in total. The highest BCUT2D eigenvalue weighted by atomic mass is 16.5. The van der Waals surface area contributed by atoms with Crippen LogP contribution in [0, 0.1) is 5.92 Å². The summed E-state index contributed by atoms with van der Waals surface area (Å²) in [4.78, 5) is 38.4. The molecule has 2 fully saturated rings. The smallest absolute Gasteiger partial charge is 0.408 e. The maximum absolute atomic E-state index is 13.1. The number of carboxylic acid groups (broad SMARTS) is 1. The van der Waals surface area contributed by atoms with E-state index in [0.29, 0.717) is 38.8 Å². The molecule has 33 heavy (non-hydrogen) atoms. The summed E-state index contributed by atoms with van der Waals surface area (Å²) in [5, 5.41) is 11.8. The summed E-state index contributed by atoms with van der Waals surface area (Å²) in [5.41, 5.74) is 3.76. The second-order valence-electron chi connectivity index (χ2n) is 9.37. The Bertz CT molecular complexity index is 1040. The highest BCUT2D eigenvalue weighted by molar-refractivity contribution is 5.93. The first-order chi connectivity index (χ1) is 16.0. The van der Waals surface area contributed by atoms with Crippen molar-refractivity contribution in [3.63, 3.8) is 0 Å². The normalized spacial score (nSPS) is 18.8. The summed E-state index contributed by atoms with van der Waals surface area (Å²) < 4.78 is 5.63. The zero-order valence-electron chi connectivity index (χ0n) is 18.5. The molecule has 2 aromatic rings. The molecule has 7 nitrogen and oxygen atoms in total. The summed E-state index contributed by atoms with van der Waals surface area (Å²) in [6, 6.07) is 16.3. The molecule has 2 amide bonds. The minimum atomic E-state index is -0.873. The van der Waals surface area contributed by atoms with Crippen molar-refractivity contribution in [1.82, 2.24) is 10.2 Å². The SMILES string of the molecule is O=C(O)CC1CCN(C(=O)C2(NC(=O)OCC3c4ccccc4-c4ccccc43)CC2)CC1. The molecule has 2 aliphatic carbocycles. The van der Waals surface area contributed by atoms with Crippen molar-refractivity contribution in [2.24, 2.45) is 5.92 Å². The number of ether oxygens (including phenoxy) is 1. The molecule has 0 radical (unpaired) electrons. The van der Waals surface area contributed by atoms with Gasteiger partial charge in [0.25, 0.3) is 0 Å². The third kappa shape index (κ3) is 4.19. The lowest BCUT2D eigenvalue weighted by molar-refractivity contribution is -0.139. The van der Waals surface area contributed by atoms with E-state index in [9.17, 15) is 14.4 Å². The molecule has 1 saturated carbocycles. The Hall–Kier alpha value is -3.35. The van der Waals surface area contributed by atoms with Crippen LogP contribution in [0.5, 0.6) is 0 Å². The molecule has 0 unspecified atom stereocenters. The molecule has 0 bridgehead atoms. The first-order valence-electron chi connectivity index (χ1n) is 11.6. The van der Waals surface area contributed by atoms with Gasteiger partial charge in [0.1, 0.15) is 12.1 Å². The van der Waals surface area contributed by atoms with E-state index in [2.05, 4.69) is 29.6 Å². The van der Waals surface area contributed by atoms with Gasteiger partial charge in [-0.2, -0.15) is 0 Å². The van der Waals surface area contributed by atoms with Gasteiger partial charge in [-0.3, -0.25) is 9.59 Å². The quantitative estimate of drug-likeness (QED) is 0.701. The molecule has 0 aromatic heterocycles. The Kier molecular flexibility index (Phi) is 5.56. The number of nitrogens with one attached hydrogen (secondary N) is 1. The highest BCUT2D eigenvalue weighted by Gasteiger charge is 2.53. The number of nitrogens with zero attached hydrogens (tertiary/aromatic N) is 1. The number of fused-ring (bicyclic) bond motifs is 3. The van der Waals surface area contributed by atoms with E-state index in [1.165, 1.54) is 11.1 Å². The molecular formula is C26H28N2O5. The highest BCUT2D eigenvalue weighted by Crippen LogP contribution is 2.44. The predicted octanol–water partition coefficient (Wildman–Crippen LogP) is 3.77. The molecule has 1 heterocycles. The van der Waals surface area contributed by atoms with Crippen LogP contribution in [0.15, 0.2) is 48.5 Å². The van der Waals surface area contributed by atoms with Gasteiger partial charge in [-0.05, 0) is 53.9 Å². The van der Waals surface area contributed by atoms with Crippen molar-refractivity contribution in [2.45, 2.75) is 43.6 Å². The van der Waals surface area contributed by atoms with E-state index in [1.54, 1.807) is 4.90 Å². The number of benzene rings is 2. The third-order valence-corrected chi connectivity index (χ3v) is 7.21. The van der Waals surface area contributed by atoms with Crippen LogP contribution in [0.1, 0.15) is 49.1 Å². The zero-order valence-corrected chi connectivity index (χ0v) is 18.5. The molecule has 2 aromatic carbocycles. The summed E-state index contributed by atoms with van der Waals surface area (Å²) in [6.45, 7) is 1.28. The fourth-order valence-electron chi connectivity index (χ4n) is 5.24. The van der Waals surface area contributed by atoms with E-state index in [4.69, 9.17) is 9.84 Å². The van der Waals surface area contributed by atoms with Crippen LogP contribution < -0.4 is 5.32 Å². The third-order valence-electron chi connectivity index (χ3n) is 7.21. The number of hydrogen-bond donors (Lipinski definition) is 2. The van der Waals surface area contributed by atoms with Crippen LogP contribution in [-0.4, -0.2) is 53.2 Å². The molecule has 172 valence electrons. The Morgan fingerprint density at radius 2 is 1.55 bits per heavy atom. The number of carbonyl (C=O) groups excluding carboxylic acids is 2. The molecular weight excluding hydrogens is 420 g/mol. The van der Waals surface area contributed by atoms with Gasteiger partial charge >= 0.3 is 12.1 Å². The lowest BCUT2D eigenvalue weighted by Crippen LogP contribution is -2.52. The maximum atomic E-state index is 13.1. The number of hydrogen-bond acceptors (Lipinski definition) is 4. The van der Waals surface area contributed by atoms with Gasteiger partial charge in [0.05, 0.1) is 0 Å². The fraction of sp³-hybridized carbons (Fsp3) is 0.423. The number of alkyl carbamates (subject to hydrolysis) is 1. The van der Waals surface area contributed by atoms with E-state index >= 15 is 0 Å². The molecule has 1 aliphatic heterocycles. The molecule has 0 atom stereocenters. The molecule has 1 saturated heterocycles. The van der Waals surface area contributed by atoms with Crippen LogP contribution >= 0.6 is 0 Å². The van der Waals surface area contributed by atoms with E-state index in [0.717, 1.165) is 11.1 Å². The summed E-state index contributed by atoms with van der Waals surface area (Å²) in [5.74, 6) is -0.792. The van der Waals surface area contributed by atoms with Crippen molar-refractivity contribution >= 4 is 18.0 Å². The summed E-state index contributed by atoms with van der Waals surface area (Å²) >= 11 is 0. The largest absolute Gasteiger partial charge is 0.481 e. The number of rotatable bonds is 6. The van der Waals surface area contributed by atoms with E-state index < -0.39 is 17.6 Å². The Labute approximate surface area is 192 Å². The lowest BCUT2D eigenvalue weighted by Gasteiger charge is -2.34. The lowest BCUT2D eigenvalue weighted by atomic mass is 9.93. The Morgan fingerprint density at radius 3 is 2.09 bits per heavy atom. The summed E-state index contributed by atoms with van der Waals surface area (Å²) in [6.07, 6.45) is 2.14. The molecule has 3 aliphatic rings. The predicted molar refractivity (Wildman–Crippen MR) is 122 cm³/mol. The number of amides is 2. The zero-order chi connectivity index (χ0) is 23.0. The summed E-state index contributed by atoms with van der Waals surface area (Å²) in [7, 11) is 0. The van der Waals surface area contributed by atoms with Gasteiger partial charge in [-0.1, -0.05) is 48.5 Å². The van der Waals surface area contributed by atoms with Crippen LogP contribution in [-0.2, 0) is 14.3 Å². The van der Waals surface area contributed by atoms with E-state index in [-0.39, 0.29) is 30.8 Å². The number of carbonyl (C=O) groups is 3. The first kappa shape index (κ1) is 21.5. The van der Waals surface area contributed by atoms with Crippen molar-refractivity contribution in [3.8, 4) is 11.1 Å². The second kappa shape index (κ2) is 8.54. The monoisotopic (exact) mass is 448 g/mol.